The van der Waals surface area contributed by atoms with Crippen molar-refractivity contribution >= 4 is 11.8 Å². The molecule has 0 spiro atoms. The number of phenols is 2. The summed E-state index contributed by atoms with van der Waals surface area (Å²) in [5, 5.41) is 19.4. The zero-order valence-corrected chi connectivity index (χ0v) is 14.0. The molecule has 3 rings (SSSR count). The van der Waals surface area contributed by atoms with Crippen LogP contribution in [0, 0.1) is 6.92 Å². The summed E-state index contributed by atoms with van der Waals surface area (Å²) in [5.41, 5.74) is 2.19. The van der Waals surface area contributed by atoms with Gasteiger partial charge in [0, 0.05) is 19.6 Å². The molecule has 6 nitrogen and oxygen atoms in total. The molecule has 1 fully saturated rings. The van der Waals surface area contributed by atoms with Crippen LogP contribution in [0.3, 0.4) is 0 Å². The first kappa shape index (κ1) is 16.8. The highest BCUT2D eigenvalue weighted by atomic mass is 16.3. The summed E-state index contributed by atoms with van der Waals surface area (Å²) in [4.78, 5) is 28.0. The first-order valence-corrected chi connectivity index (χ1v) is 8.09. The molecule has 0 unspecified atom stereocenters. The fourth-order valence-corrected chi connectivity index (χ4v) is 2.95. The van der Waals surface area contributed by atoms with Gasteiger partial charge in [0.05, 0.1) is 5.56 Å². The molecule has 0 atom stereocenters. The molecule has 25 heavy (non-hydrogen) atoms. The fraction of sp³-hybridized carbons (Fsp3) is 0.263. The second-order valence-corrected chi connectivity index (χ2v) is 6.20. The van der Waals surface area contributed by atoms with Crippen LogP contribution in [-0.4, -0.2) is 51.5 Å². The molecule has 6 heteroatoms. The van der Waals surface area contributed by atoms with E-state index in [9.17, 15) is 19.8 Å². The Kier molecular flexibility index (Phi) is 4.61. The lowest BCUT2D eigenvalue weighted by molar-refractivity contribution is -0.135. The van der Waals surface area contributed by atoms with Crippen molar-refractivity contribution in [3.8, 4) is 11.5 Å². The van der Waals surface area contributed by atoms with Gasteiger partial charge in [0.2, 0.25) is 5.91 Å². The summed E-state index contributed by atoms with van der Waals surface area (Å²) >= 11 is 0. The van der Waals surface area contributed by atoms with Crippen LogP contribution in [0.2, 0.25) is 0 Å². The van der Waals surface area contributed by atoms with Crippen molar-refractivity contribution in [3.05, 3.63) is 59.2 Å². The van der Waals surface area contributed by atoms with Crippen LogP contribution in [0.1, 0.15) is 21.5 Å². The Labute approximate surface area is 145 Å². The van der Waals surface area contributed by atoms with Gasteiger partial charge in [-0.1, -0.05) is 35.9 Å². The number of carbonyl (C=O) groups is 2. The van der Waals surface area contributed by atoms with Crippen molar-refractivity contribution < 1.29 is 19.8 Å². The number of benzene rings is 2. The van der Waals surface area contributed by atoms with Gasteiger partial charge in [0.15, 0.2) is 11.5 Å². The van der Waals surface area contributed by atoms with Gasteiger partial charge in [0.25, 0.3) is 5.91 Å². The zero-order valence-electron chi connectivity index (χ0n) is 14.0. The SMILES string of the molecule is Cc1cccc(CN2CCN(C(=O)c3cccc(O)c3O)CC2=O)c1. The lowest BCUT2D eigenvalue weighted by Crippen LogP contribution is -2.51. The predicted octanol–water partition coefficient (Wildman–Crippen LogP) is 1.89. The van der Waals surface area contributed by atoms with Gasteiger partial charge in [-0.3, -0.25) is 9.59 Å². The molecule has 0 saturated carbocycles. The highest BCUT2D eigenvalue weighted by molar-refractivity contribution is 5.99. The van der Waals surface area contributed by atoms with E-state index >= 15 is 0 Å². The summed E-state index contributed by atoms with van der Waals surface area (Å²) in [6.45, 7) is 3.28. The van der Waals surface area contributed by atoms with Crippen LogP contribution in [0.4, 0.5) is 0 Å². The maximum Gasteiger partial charge on any atom is 0.258 e. The number of aryl methyl sites for hydroxylation is 1. The number of amides is 2. The predicted molar refractivity (Wildman–Crippen MR) is 92.3 cm³/mol. The van der Waals surface area contributed by atoms with E-state index in [1.807, 2.05) is 31.2 Å². The molecule has 1 heterocycles. The van der Waals surface area contributed by atoms with Crippen molar-refractivity contribution in [2.75, 3.05) is 19.6 Å². The Balaban J connectivity index is 1.68. The normalized spacial score (nSPS) is 14.7. The van der Waals surface area contributed by atoms with Crippen LogP contribution < -0.4 is 0 Å². The Bertz CT molecular complexity index is 819. The second kappa shape index (κ2) is 6.84. The minimum atomic E-state index is -0.461. The number of piperazine rings is 1. The zero-order chi connectivity index (χ0) is 18.0. The molecule has 2 aromatic carbocycles. The molecule has 2 aromatic rings. The minimum absolute atomic E-state index is 0.0000610. The first-order valence-electron chi connectivity index (χ1n) is 8.09. The lowest BCUT2D eigenvalue weighted by Gasteiger charge is -2.34. The smallest absolute Gasteiger partial charge is 0.258 e. The maximum atomic E-state index is 12.5. The first-order chi connectivity index (χ1) is 12.0. The molecule has 1 saturated heterocycles. The Morgan fingerprint density at radius 3 is 2.60 bits per heavy atom. The number of hydrogen-bond acceptors (Lipinski definition) is 4. The van der Waals surface area contributed by atoms with Crippen LogP contribution in [-0.2, 0) is 11.3 Å². The molecule has 0 aliphatic carbocycles. The molecular formula is C19H20N2O4. The summed E-state index contributed by atoms with van der Waals surface area (Å²) < 4.78 is 0. The Hall–Kier alpha value is -3.02. The quantitative estimate of drug-likeness (QED) is 0.836. The van der Waals surface area contributed by atoms with Crippen molar-refractivity contribution in [1.82, 2.24) is 9.80 Å². The standard InChI is InChI=1S/C19H20N2O4/c1-13-4-2-5-14(10-13)11-20-8-9-21(12-17(20)23)19(25)15-6-3-7-16(22)18(15)24/h2-7,10,22,24H,8-9,11-12H2,1H3. The molecule has 0 aromatic heterocycles. The van der Waals surface area contributed by atoms with Crippen molar-refractivity contribution in [2.45, 2.75) is 13.5 Å². The lowest BCUT2D eigenvalue weighted by atomic mass is 10.1. The van der Waals surface area contributed by atoms with Gasteiger partial charge >= 0.3 is 0 Å². The highest BCUT2D eigenvalue weighted by Crippen LogP contribution is 2.29. The van der Waals surface area contributed by atoms with E-state index in [2.05, 4.69) is 0 Å². The van der Waals surface area contributed by atoms with E-state index in [1.54, 1.807) is 4.90 Å². The topological polar surface area (TPSA) is 81.1 Å². The Morgan fingerprint density at radius 2 is 1.88 bits per heavy atom. The third-order valence-corrected chi connectivity index (χ3v) is 4.31. The van der Waals surface area contributed by atoms with Crippen LogP contribution in [0.15, 0.2) is 42.5 Å². The summed E-state index contributed by atoms with van der Waals surface area (Å²) in [5.74, 6) is -1.41. The molecule has 1 aliphatic rings. The van der Waals surface area contributed by atoms with Crippen LogP contribution >= 0.6 is 0 Å². The summed E-state index contributed by atoms with van der Waals surface area (Å²) in [7, 11) is 0. The molecule has 0 radical (unpaired) electrons. The average Bonchev–Trinajstić information content (AvgIpc) is 2.58. The number of hydrogen-bond donors (Lipinski definition) is 2. The number of aromatic hydroxyl groups is 2. The van der Waals surface area contributed by atoms with Gasteiger partial charge < -0.3 is 20.0 Å². The largest absolute Gasteiger partial charge is 0.504 e. The number of nitrogens with zero attached hydrogens (tertiary/aromatic N) is 2. The summed E-state index contributed by atoms with van der Waals surface area (Å²) in [6.07, 6.45) is 0. The van der Waals surface area contributed by atoms with Gasteiger partial charge in [-0.05, 0) is 24.6 Å². The number of para-hydroxylation sites is 1. The molecule has 1 aliphatic heterocycles. The van der Waals surface area contributed by atoms with Gasteiger partial charge in [-0.25, -0.2) is 0 Å². The van der Waals surface area contributed by atoms with Crippen LogP contribution in [0.5, 0.6) is 11.5 Å². The maximum absolute atomic E-state index is 12.5. The fourth-order valence-electron chi connectivity index (χ4n) is 2.95. The number of rotatable bonds is 3. The van der Waals surface area contributed by atoms with E-state index in [-0.39, 0.29) is 23.8 Å². The number of phenolic OH excluding ortho intramolecular Hbond substituents is 2. The van der Waals surface area contributed by atoms with E-state index in [0.717, 1.165) is 11.1 Å². The monoisotopic (exact) mass is 340 g/mol. The van der Waals surface area contributed by atoms with Crippen molar-refractivity contribution in [3.63, 3.8) is 0 Å². The molecule has 2 amide bonds. The van der Waals surface area contributed by atoms with E-state index < -0.39 is 11.7 Å². The van der Waals surface area contributed by atoms with E-state index in [0.29, 0.717) is 19.6 Å². The number of carbonyl (C=O) groups excluding carboxylic acids is 2. The third-order valence-electron chi connectivity index (χ3n) is 4.31. The van der Waals surface area contributed by atoms with Crippen molar-refractivity contribution in [1.29, 1.82) is 0 Å². The van der Waals surface area contributed by atoms with E-state index in [4.69, 9.17) is 0 Å². The molecule has 0 bridgehead atoms. The second-order valence-electron chi connectivity index (χ2n) is 6.20. The highest BCUT2D eigenvalue weighted by Gasteiger charge is 2.29. The van der Waals surface area contributed by atoms with E-state index in [1.165, 1.54) is 23.1 Å². The van der Waals surface area contributed by atoms with Gasteiger partial charge in [-0.15, -0.1) is 0 Å². The van der Waals surface area contributed by atoms with Crippen molar-refractivity contribution in [2.24, 2.45) is 0 Å². The Morgan fingerprint density at radius 1 is 1.12 bits per heavy atom. The minimum Gasteiger partial charge on any atom is -0.504 e. The van der Waals surface area contributed by atoms with Gasteiger partial charge in [0.1, 0.15) is 6.54 Å². The summed E-state index contributed by atoms with van der Waals surface area (Å²) in [6, 6.07) is 12.2. The molecule has 130 valence electrons. The third kappa shape index (κ3) is 3.57. The molecular weight excluding hydrogens is 320 g/mol. The molecule has 2 N–H and O–H groups in total. The van der Waals surface area contributed by atoms with Crippen LogP contribution in [0.25, 0.3) is 0 Å². The van der Waals surface area contributed by atoms with Gasteiger partial charge in [-0.2, -0.15) is 0 Å². The average molecular weight is 340 g/mol.